The number of para-hydroxylation sites is 1. The van der Waals surface area contributed by atoms with Crippen LogP contribution >= 0.6 is 24.0 Å². The number of guanidine groups is 1. The van der Waals surface area contributed by atoms with Crippen molar-refractivity contribution >= 4 is 35.8 Å². The largest absolute Gasteiger partial charge is 0.496 e. The van der Waals surface area contributed by atoms with Gasteiger partial charge in [-0.15, -0.1) is 24.0 Å². The molecule has 1 aliphatic heterocycles. The number of hydrogen-bond acceptors (Lipinski definition) is 3. The number of carbonyl (C=O) groups excluding carboxylic acids is 1. The van der Waals surface area contributed by atoms with Gasteiger partial charge in [0.1, 0.15) is 5.75 Å². The molecule has 0 spiro atoms. The second-order valence-corrected chi connectivity index (χ2v) is 7.59. The van der Waals surface area contributed by atoms with Crippen LogP contribution in [0.1, 0.15) is 17.5 Å². The number of benzene rings is 2. The Labute approximate surface area is 202 Å². The van der Waals surface area contributed by atoms with Crippen molar-refractivity contribution in [2.75, 3.05) is 40.3 Å². The van der Waals surface area contributed by atoms with Gasteiger partial charge >= 0.3 is 0 Å². The number of rotatable bonds is 9. The van der Waals surface area contributed by atoms with Gasteiger partial charge in [0, 0.05) is 45.6 Å². The van der Waals surface area contributed by atoms with Gasteiger partial charge in [-0.25, -0.2) is 0 Å². The van der Waals surface area contributed by atoms with E-state index in [1.54, 1.807) is 14.2 Å². The average molecular weight is 536 g/mol. The van der Waals surface area contributed by atoms with E-state index < -0.39 is 0 Å². The van der Waals surface area contributed by atoms with Gasteiger partial charge in [0.2, 0.25) is 5.91 Å². The second-order valence-electron chi connectivity index (χ2n) is 7.59. The maximum atomic E-state index is 12.3. The Morgan fingerprint density at radius 1 is 1.10 bits per heavy atom. The number of ether oxygens (including phenoxy) is 1. The van der Waals surface area contributed by atoms with Crippen LogP contribution in [0.2, 0.25) is 0 Å². The third-order valence-corrected chi connectivity index (χ3v) is 5.47. The van der Waals surface area contributed by atoms with E-state index in [2.05, 4.69) is 33.8 Å². The van der Waals surface area contributed by atoms with Gasteiger partial charge in [-0.3, -0.25) is 9.79 Å². The molecule has 1 unspecified atom stereocenters. The lowest BCUT2D eigenvalue weighted by atomic mass is 10.1. The Morgan fingerprint density at radius 3 is 2.58 bits per heavy atom. The molecule has 1 aliphatic rings. The highest BCUT2D eigenvalue weighted by molar-refractivity contribution is 14.0. The van der Waals surface area contributed by atoms with E-state index >= 15 is 0 Å². The van der Waals surface area contributed by atoms with Crippen molar-refractivity contribution in [3.63, 3.8) is 0 Å². The monoisotopic (exact) mass is 536 g/mol. The Kier molecular flexibility index (Phi) is 10.6. The summed E-state index contributed by atoms with van der Waals surface area (Å²) in [5.41, 5.74) is 2.44. The third kappa shape index (κ3) is 7.72. The molecule has 3 rings (SSSR count). The van der Waals surface area contributed by atoms with Crippen LogP contribution in [0, 0.1) is 5.92 Å². The molecule has 1 atom stereocenters. The first-order valence-electron chi connectivity index (χ1n) is 10.6. The van der Waals surface area contributed by atoms with Crippen molar-refractivity contribution in [1.82, 2.24) is 15.5 Å². The van der Waals surface area contributed by atoms with Crippen molar-refractivity contribution in [3.05, 3.63) is 65.7 Å². The maximum absolute atomic E-state index is 12.3. The Hall–Kier alpha value is -2.29. The van der Waals surface area contributed by atoms with Crippen LogP contribution in [0.5, 0.6) is 5.75 Å². The topological polar surface area (TPSA) is 66.0 Å². The third-order valence-electron chi connectivity index (χ3n) is 5.47. The highest BCUT2D eigenvalue weighted by Gasteiger charge is 2.29. The molecule has 7 heteroatoms. The van der Waals surface area contributed by atoms with E-state index in [-0.39, 0.29) is 29.9 Å². The minimum absolute atomic E-state index is 0. The van der Waals surface area contributed by atoms with Gasteiger partial charge in [-0.05, 0) is 30.0 Å². The van der Waals surface area contributed by atoms with Gasteiger partial charge in [0.05, 0.1) is 7.11 Å². The van der Waals surface area contributed by atoms with E-state index in [1.165, 1.54) is 11.1 Å². The van der Waals surface area contributed by atoms with Crippen LogP contribution in [0.3, 0.4) is 0 Å². The van der Waals surface area contributed by atoms with Crippen LogP contribution in [-0.2, 0) is 17.6 Å². The molecular weight excluding hydrogens is 503 g/mol. The summed E-state index contributed by atoms with van der Waals surface area (Å²) in [6.45, 7) is 3.08. The highest BCUT2D eigenvalue weighted by atomic mass is 127. The predicted molar refractivity (Wildman–Crippen MR) is 136 cm³/mol. The molecule has 0 radical (unpaired) electrons. The second kappa shape index (κ2) is 13.2. The first-order chi connectivity index (χ1) is 14.7. The molecule has 0 bridgehead atoms. The molecule has 1 amide bonds. The zero-order chi connectivity index (χ0) is 21.2. The molecule has 0 saturated carbocycles. The predicted octanol–water partition coefficient (Wildman–Crippen LogP) is 3.11. The summed E-state index contributed by atoms with van der Waals surface area (Å²) < 4.78 is 5.40. The van der Waals surface area contributed by atoms with E-state index in [1.807, 2.05) is 41.3 Å². The summed E-state index contributed by atoms with van der Waals surface area (Å²) in [4.78, 5) is 18.6. The maximum Gasteiger partial charge on any atom is 0.223 e. The highest BCUT2D eigenvalue weighted by Crippen LogP contribution is 2.18. The summed E-state index contributed by atoms with van der Waals surface area (Å²) in [6, 6.07) is 18.4. The van der Waals surface area contributed by atoms with Crippen LogP contribution in [0.4, 0.5) is 0 Å². The number of nitrogens with one attached hydrogen (secondary N) is 2. The van der Waals surface area contributed by atoms with Crippen LogP contribution in [0.15, 0.2) is 59.6 Å². The van der Waals surface area contributed by atoms with Crippen LogP contribution in [-0.4, -0.2) is 57.1 Å². The van der Waals surface area contributed by atoms with Crippen molar-refractivity contribution in [1.29, 1.82) is 0 Å². The van der Waals surface area contributed by atoms with Crippen molar-refractivity contribution in [2.45, 2.75) is 19.3 Å². The first kappa shape index (κ1) is 25.0. The van der Waals surface area contributed by atoms with Gasteiger partial charge in [0.25, 0.3) is 0 Å². The molecule has 1 heterocycles. The number of likely N-dealkylation sites (tertiary alicyclic amines) is 1. The minimum atomic E-state index is 0. The van der Waals surface area contributed by atoms with Crippen LogP contribution in [0.25, 0.3) is 0 Å². The van der Waals surface area contributed by atoms with Crippen molar-refractivity contribution in [3.8, 4) is 5.75 Å². The zero-order valence-electron chi connectivity index (χ0n) is 18.3. The van der Waals surface area contributed by atoms with Crippen LogP contribution < -0.4 is 15.4 Å². The molecule has 2 N–H and O–H groups in total. The summed E-state index contributed by atoms with van der Waals surface area (Å²) >= 11 is 0. The number of halogens is 1. The summed E-state index contributed by atoms with van der Waals surface area (Å²) in [6.07, 6.45) is 2.35. The SMILES string of the molecule is CN=C(NCCc1ccccc1OC)NCC1CC(=O)N(CCc2ccccc2)C1.I. The molecule has 1 fully saturated rings. The molecule has 31 heavy (non-hydrogen) atoms. The minimum Gasteiger partial charge on any atom is -0.496 e. The molecule has 6 nitrogen and oxygen atoms in total. The first-order valence-corrected chi connectivity index (χ1v) is 10.6. The molecule has 1 saturated heterocycles. The lowest BCUT2D eigenvalue weighted by Crippen LogP contribution is -2.41. The van der Waals surface area contributed by atoms with E-state index in [0.29, 0.717) is 12.3 Å². The number of aliphatic imine (C=N–C) groups is 1. The quantitative estimate of drug-likeness (QED) is 0.294. The van der Waals surface area contributed by atoms with E-state index in [0.717, 1.165) is 50.7 Å². The zero-order valence-corrected chi connectivity index (χ0v) is 20.7. The number of methoxy groups -OCH3 is 1. The Bertz CT molecular complexity index is 844. The molecule has 0 aliphatic carbocycles. The molecule has 0 aromatic heterocycles. The van der Waals surface area contributed by atoms with Crippen molar-refractivity contribution < 1.29 is 9.53 Å². The fourth-order valence-corrected chi connectivity index (χ4v) is 3.80. The van der Waals surface area contributed by atoms with Gasteiger partial charge < -0.3 is 20.3 Å². The molecular formula is C24H33IN4O2. The van der Waals surface area contributed by atoms with E-state index in [9.17, 15) is 4.79 Å². The van der Waals surface area contributed by atoms with Gasteiger partial charge in [-0.2, -0.15) is 0 Å². The summed E-state index contributed by atoms with van der Waals surface area (Å²) in [5.74, 6) is 2.22. The fourth-order valence-electron chi connectivity index (χ4n) is 3.80. The lowest BCUT2D eigenvalue weighted by molar-refractivity contribution is -0.127. The lowest BCUT2D eigenvalue weighted by Gasteiger charge is -2.18. The average Bonchev–Trinajstić information content (AvgIpc) is 3.15. The number of amides is 1. The number of nitrogens with zero attached hydrogens (tertiary/aromatic N) is 2. The van der Waals surface area contributed by atoms with Crippen molar-refractivity contribution in [2.24, 2.45) is 10.9 Å². The molecule has 168 valence electrons. The number of hydrogen-bond donors (Lipinski definition) is 2. The van der Waals surface area contributed by atoms with Gasteiger partial charge in [-0.1, -0.05) is 48.5 Å². The standard InChI is InChI=1S/C24H32N4O2.HI/c1-25-24(26-14-12-21-10-6-7-11-22(21)30-2)27-17-20-16-23(29)28(18-20)15-13-19-8-4-3-5-9-19;/h3-11,20H,12-18H2,1-2H3,(H2,25,26,27);1H. The Morgan fingerprint density at radius 2 is 1.84 bits per heavy atom. The molecule has 2 aromatic rings. The summed E-state index contributed by atoms with van der Waals surface area (Å²) in [7, 11) is 3.46. The molecule has 2 aromatic carbocycles. The van der Waals surface area contributed by atoms with Gasteiger partial charge in [0.15, 0.2) is 5.96 Å². The Balaban J connectivity index is 0.00000341. The normalized spacial score (nSPS) is 16.1. The van der Waals surface area contributed by atoms with E-state index in [4.69, 9.17) is 4.74 Å². The number of carbonyl (C=O) groups is 1. The fraction of sp³-hybridized carbons (Fsp3) is 0.417. The smallest absolute Gasteiger partial charge is 0.223 e. The summed E-state index contributed by atoms with van der Waals surface area (Å²) in [5, 5.41) is 6.72.